The zero-order chi connectivity index (χ0) is 58.5. The Morgan fingerprint density at radius 1 is 0.259 bits per heavy atom. The highest BCUT2D eigenvalue weighted by atomic mass is 16.6. The van der Waals surface area contributed by atoms with Gasteiger partial charge >= 0.3 is 17.9 Å². The molecule has 468 valence electrons. The highest BCUT2D eigenvalue weighted by Crippen LogP contribution is 2.18. The van der Waals surface area contributed by atoms with Gasteiger partial charge in [-0.2, -0.15) is 0 Å². The van der Waals surface area contributed by atoms with Gasteiger partial charge in [-0.1, -0.05) is 324 Å². The fraction of sp³-hybridized carbons (Fsp3) is 0.773. The molecule has 1 unspecified atom stereocenters. The fourth-order valence-electron chi connectivity index (χ4n) is 10.2. The lowest BCUT2D eigenvalue weighted by molar-refractivity contribution is -0.167. The van der Waals surface area contributed by atoms with Crippen LogP contribution in [0.3, 0.4) is 0 Å². The molecule has 0 radical (unpaired) electrons. The highest BCUT2D eigenvalue weighted by molar-refractivity contribution is 5.71. The molecule has 0 N–H and O–H groups in total. The average molecular weight is 1130 g/mol. The molecule has 81 heavy (non-hydrogen) atoms. The fourth-order valence-corrected chi connectivity index (χ4v) is 10.2. The maximum Gasteiger partial charge on any atom is 0.306 e. The zero-order valence-electron chi connectivity index (χ0n) is 53.8. The van der Waals surface area contributed by atoms with Crippen LogP contribution in [0.15, 0.2) is 85.1 Å². The summed E-state index contributed by atoms with van der Waals surface area (Å²) in [5, 5.41) is 0. The van der Waals surface area contributed by atoms with E-state index < -0.39 is 6.10 Å². The van der Waals surface area contributed by atoms with E-state index in [-0.39, 0.29) is 31.1 Å². The van der Waals surface area contributed by atoms with Gasteiger partial charge in [0.05, 0.1) is 0 Å². The molecule has 0 fully saturated rings. The van der Waals surface area contributed by atoms with Crippen LogP contribution in [0.4, 0.5) is 0 Å². The molecular formula is C75H132O6. The predicted octanol–water partition coefficient (Wildman–Crippen LogP) is 24.2. The first-order valence-electron chi connectivity index (χ1n) is 35.1. The number of carbonyl (C=O) groups is 3. The summed E-state index contributed by atoms with van der Waals surface area (Å²) in [6.45, 7) is 6.55. The Morgan fingerprint density at radius 2 is 0.481 bits per heavy atom. The molecule has 0 aliphatic rings. The van der Waals surface area contributed by atoms with Crippen LogP contribution in [0.25, 0.3) is 0 Å². The lowest BCUT2D eigenvalue weighted by atomic mass is 10.0. The molecule has 0 saturated heterocycles. The standard InChI is InChI=1S/C75H132O6/c1-4-7-10-13-16-19-22-25-28-31-33-35-36-37-38-39-40-41-43-44-47-50-53-56-59-62-65-68-74(77)80-71-72(70-79-73(76)67-64-61-58-55-52-49-46-30-27-24-21-18-15-12-9-6-3)81-75(78)69-66-63-60-57-54-51-48-45-42-34-32-29-26-23-20-17-14-11-8-5-2/h7,10,16,19,21,24-25,28,30,33,35,37-38,46,72H,4-6,8-9,11-15,17-18,20,22-23,26-27,29,31-32,34,36,39-45,47-71H2,1-3H3/b10-7-,19-16-,24-21-,28-25-,35-33-,38-37-,46-30-. The van der Waals surface area contributed by atoms with Crippen molar-refractivity contribution < 1.29 is 28.6 Å². The zero-order valence-corrected chi connectivity index (χ0v) is 53.8. The summed E-state index contributed by atoms with van der Waals surface area (Å²) in [5.41, 5.74) is 0. The van der Waals surface area contributed by atoms with Gasteiger partial charge in [0.15, 0.2) is 6.10 Å². The van der Waals surface area contributed by atoms with E-state index in [1.54, 1.807) is 0 Å². The van der Waals surface area contributed by atoms with Gasteiger partial charge in [-0.3, -0.25) is 14.4 Å². The molecule has 0 amide bonds. The number of hydrogen-bond donors (Lipinski definition) is 0. The van der Waals surface area contributed by atoms with Crippen molar-refractivity contribution in [1.82, 2.24) is 0 Å². The van der Waals surface area contributed by atoms with Crippen LogP contribution >= 0.6 is 0 Å². The van der Waals surface area contributed by atoms with E-state index in [0.717, 1.165) is 109 Å². The molecule has 6 heteroatoms. The monoisotopic (exact) mass is 1130 g/mol. The van der Waals surface area contributed by atoms with E-state index in [1.165, 1.54) is 205 Å². The summed E-state index contributed by atoms with van der Waals surface area (Å²) >= 11 is 0. The van der Waals surface area contributed by atoms with Crippen LogP contribution in [-0.4, -0.2) is 37.2 Å². The third-order valence-corrected chi connectivity index (χ3v) is 15.4. The van der Waals surface area contributed by atoms with Crippen molar-refractivity contribution in [3.63, 3.8) is 0 Å². The van der Waals surface area contributed by atoms with Gasteiger partial charge in [-0.15, -0.1) is 0 Å². The van der Waals surface area contributed by atoms with Gasteiger partial charge in [0, 0.05) is 19.3 Å². The molecule has 0 heterocycles. The van der Waals surface area contributed by atoms with Crippen LogP contribution in [-0.2, 0) is 28.6 Å². The third-order valence-electron chi connectivity index (χ3n) is 15.4. The topological polar surface area (TPSA) is 78.9 Å². The number of carbonyl (C=O) groups excluding carboxylic acids is 3. The number of allylic oxidation sites excluding steroid dienone is 14. The Balaban J connectivity index is 4.32. The number of ether oxygens (including phenoxy) is 3. The molecule has 0 aromatic carbocycles. The summed E-state index contributed by atoms with van der Waals surface area (Å²) in [6.07, 6.45) is 91.7. The van der Waals surface area contributed by atoms with E-state index in [0.29, 0.717) is 19.3 Å². The van der Waals surface area contributed by atoms with Crippen molar-refractivity contribution in [3.05, 3.63) is 85.1 Å². The van der Waals surface area contributed by atoms with Crippen molar-refractivity contribution >= 4 is 17.9 Å². The summed E-state index contributed by atoms with van der Waals surface area (Å²) in [6, 6.07) is 0. The molecule has 0 bridgehead atoms. The van der Waals surface area contributed by atoms with Gasteiger partial charge in [-0.25, -0.2) is 0 Å². The molecule has 0 aliphatic carbocycles. The lowest BCUT2D eigenvalue weighted by Crippen LogP contribution is -2.30. The lowest BCUT2D eigenvalue weighted by Gasteiger charge is -2.18. The van der Waals surface area contributed by atoms with E-state index in [1.807, 2.05) is 0 Å². The summed E-state index contributed by atoms with van der Waals surface area (Å²) in [7, 11) is 0. The first kappa shape index (κ1) is 77.6. The number of esters is 3. The minimum absolute atomic E-state index is 0.0791. The van der Waals surface area contributed by atoms with E-state index >= 15 is 0 Å². The van der Waals surface area contributed by atoms with E-state index in [9.17, 15) is 14.4 Å². The molecule has 0 rings (SSSR count). The molecule has 6 nitrogen and oxygen atoms in total. The van der Waals surface area contributed by atoms with Crippen molar-refractivity contribution in [3.8, 4) is 0 Å². The Bertz CT molecular complexity index is 1530. The maximum absolute atomic E-state index is 13.0. The Kier molecular flexibility index (Phi) is 66.2. The summed E-state index contributed by atoms with van der Waals surface area (Å²) in [5.74, 6) is -0.875. The molecule has 0 spiro atoms. The van der Waals surface area contributed by atoms with Crippen molar-refractivity contribution in [2.24, 2.45) is 0 Å². The van der Waals surface area contributed by atoms with Gasteiger partial charge in [0.25, 0.3) is 0 Å². The predicted molar refractivity (Wildman–Crippen MR) is 353 cm³/mol. The van der Waals surface area contributed by atoms with E-state index in [2.05, 4.69) is 106 Å². The normalized spacial score (nSPS) is 12.6. The van der Waals surface area contributed by atoms with E-state index in [4.69, 9.17) is 14.2 Å². The van der Waals surface area contributed by atoms with Crippen LogP contribution in [0.2, 0.25) is 0 Å². The molecule has 0 aromatic heterocycles. The minimum Gasteiger partial charge on any atom is -0.462 e. The Labute approximate surface area is 503 Å². The molecule has 0 aromatic rings. The largest absolute Gasteiger partial charge is 0.462 e. The maximum atomic E-state index is 13.0. The van der Waals surface area contributed by atoms with Gasteiger partial charge in [0.2, 0.25) is 0 Å². The number of rotatable bonds is 64. The van der Waals surface area contributed by atoms with Crippen LogP contribution in [0.1, 0.15) is 355 Å². The van der Waals surface area contributed by atoms with Crippen LogP contribution in [0, 0.1) is 0 Å². The smallest absolute Gasteiger partial charge is 0.306 e. The highest BCUT2D eigenvalue weighted by Gasteiger charge is 2.19. The van der Waals surface area contributed by atoms with Gasteiger partial charge in [-0.05, 0) is 96.3 Å². The second-order valence-electron chi connectivity index (χ2n) is 23.4. The van der Waals surface area contributed by atoms with Crippen molar-refractivity contribution in [2.45, 2.75) is 361 Å². The molecule has 0 aliphatic heterocycles. The number of hydrogen-bond acceptors (Lipinski definition) is 6. The SMILES string of the molecule is CC/C=C\C/C=C\C/C=C\C/C=C\C/C=C\CCCCCCCCCCCCCC(=O)OCC(COC(=O)CCCCCCC/C=C\C/C=C\CCCCCC)OC(=O)CCCCCCCCCCCCCCCCCCCCCC. The Morgan fingerprint density at radius 3 is 0.765 bits per heavy atom. The molecule has 0 saturated carbocycles. The quantitative estimate of drug-likeness (QED) is 0.0261. The van der Waals surface area contributed by atoms with Crippen molar-refractivity contribution in [1.29, 1.82) is 0 Å². The molecular weight excluding hydrogens is 997 g/mol. The summed E-state index contributed by atoms with van der Waals surface area (Å²) in [4.78, 5) is 38.5. The van der Waals surface area contributed by atoms with Gasteiger partial charge < -0.3 is 14.2 Å². The summed E-state index contributed by atoms with van der Waals surface area (Å²) < 4.78 is 17.0. The number of unbranched alkanes of at least 4 members (excludes halogenated alkanes) is 39. The molecule has 1 atom stereocenters. The van der Waals surface area contributed by atoms with Crippen LogP contribution in [0.5, 0.6) is 0 Å². The third kappa shape index (κ3) is 67.3. The first-order valence-corrected chi connectivity index (χ1v) is 35.1. The van der Waals surface area contributed by atoms with Crippen molar-refractivity contribution in [2.75, 3.05) is 13.2 Å². The second kappa shape index (κ2) is 69.1. The van der Waals surface area contributed by atoms with Gasteiger partial charge in [0.1, 0.15) is 13.2 Å². The first-order chi connectivity index (χ1) is 40.0. The Hall–Kier alpha value is -3.41. The minimum atomic E-state index is -0.784. The van der Waals surface area contributed by atoms with Crippen LogP contribution < -0.4 is 0 Å². The average Bonchev–Trinajstić information content (AvgIpc) is 3.47. The second-order valence-corrected chi connectivity index (χ2v) is 23.4.